The van der Waals surface area contributed by atoms with E-state index in [0.717, 1.165) is 10.1 Å². The molecule has 0 fully saturated rings. The Morgan fingerprint density at radius 1 is 1.07 bits per heavy atom. The summed E-state index contributed by atoms with van der Waals surface area (Å²) < 4.78 is 7.69. The lowest BCUT2D eigenvalue weighted by atomic mass is 9.82. The Morgan fingerprint density at radius 2 is 1.74 bits per heavy atom. The lowest BCUT2D eigenvalue weighted by molar-refractivity contribution is -0.136. The normalized spacial score (nSPS) is 18.3. The van der Waals surface area contributed by atoms with Crippen molar-refractivity contribution in [2.75, 3.05) is 11.9 Å². The van der Waals surface area contributed by atoms with Crippen molar-refractivity contribution in [3.05, 3.63) is 73.1 Å². The van der Waals surface area contributed by atoms with E-state index >= 15 is 0 Å². The molecule has 4 rings (SSSR count). The number of aromatic nitrogens is 2. The Labute approximate surface area is 155 Å². The monoisotopic (exact) mass is 367 g/mol. The lowest BCUT2D eigenvalue weighted by Gasteiger charge is -2.28. The molecule has 1 N–H and O–H groups in total. The van der Waals surface area contributed by atoms with Gasteiger partial charge < -0.3 is 10.1 Å². The number of carbonyl (C=O) groups excluding carboxylic acids is 1. The van der Waals surface area contributed by atoms with Gasteiger partial charge in [0.15, 0.2) is 0 Å². The van der Waals surface area contributed by atoms with Gasteiger partial charge in [0, 0.05) is 14.1 Å². The van der Waals surface area contributed by atoms with Crippen LogP contribution in [0, 0.1) is 0 Å². The third-order valence-corrected chi connectivity index (χ3v) is 5.38. The maximum Gasteiger partial charge on any atom is 0.337 e. The van der Waals surface area contributed by atoms with Gasteiger partial charge in [-0.15, -0.1) is 0 Å². The Kier molecular flexibility index (Phi) is 3.83. The van der Waals surface area contributed by atoms with Crippen LogP contribution in [0.15, 0.2) is 45.1 Å². The first-order chi connectivity index (χ1) is 12.8. The van der Waals surface area contributed by atoms with Crippen LogP contribution in [0.2, 0.25) is 0 Å². The maximum atomic E-state index is 13.0. The van der Waals surface area contributed by atoms with Gasteiger partial charge in [0.25, 0.3) is 5.56 Å². The first kappa shape index (κ1) is 17.3. The molecule has 0 aliphatic carbocycles. The molecule has 0 amide bonds. The average Bonchev–Trinajstić information content (AvgIpc) is 3.04. The smallest absolute Gasteiger partial charge is 0.337 e. The molecule has 0 saturated heterocycles. The molecule has 2 aliphatic rings. The zero-order valence-corrected chi connectivity index (χ0v) is 15.7. The van der Waals surface area contributed by atoms with Crippen LogP contribution in [0.1, 0.15) is 42.4 Å². The number of benzene rings is 1. The highest BCUT2D eigenvalue weighted by Gasteiger charge is 2.41. The molecule has 1 aromatic carbocycles. The second-order valence-corrected chi connectivity index (χ2v) is 7.32. The third-order valence-electron chi connectivity index (χ3n) is 5.38. The number of nitrogens with zero attached hydrogens (tertiary/aromatic N) is 2. The summed E-state index contributed by atoms with van der Waals surface area (Å²) >= 11 is 0. The highest BCUT2D eigenvalue weighted by Crippen LogP contribution is 2.42. The van der Waals surface area contributed by atoms with Crippen molar-refractivity contribution in [2.24, 2.45) is 14.1 Å². The summed E-state index contributed by atoms with van der Waals surface area (Å²) in [6.45, 7) is 4.32. The number of anilines is 1. The maximum absolute atomic E-state index is 13.0. The van der Waals surface area contributed by atoms with Gasteiger partial charge in [0.2, 0.25) is 0 Å². The molecule has 27 heavy (non-hydrogen) atoms. The molecule has 3 heterocycles. The van der Waals surface area contributed by atoms with Gasteiger partial charge in [0.05, 0.1) is 22.8 Å². The highest BCUT2D eigenvalue weighted by molar-refractivity contribution is 5.96. The van der Waals surface area contributed by atoms with Gasteiger partial charge in [-0.3, -0.25) is 13.9 Å². The van der Waals surface area contributed by atoms with Gasteiger partial charge in [-0.1, -0.05) is 38.1 Å². The Morgan fingerprint density at radius 3 is 2.37 bits per heavy atom. The van der Waals surface area contributed by atoms with E-state index in [2.05, 4.69) is 19.2 Å². The first-order valence-electron chi connectivity index (χ1n) is 8.88. The standard InChI is InChI=1S/C20H21N3O4/c1-10(2)11-5-7-12(8-6-11)14-15-13(9-27-19(15)25)21-17-16(14)18(24)23(4)20(26)22(17)3/h5-8,10,14,21H,9H2,1-4H3/t14-/m0/s1. The predicted octanol–water partition coefficient (Wildman–Crippen LogP) is 1.58. The van der Waals surface area contributed by atoms with Crippen LogP contribution in [0.3, 0.4) is 0 Å². The number of nitrogens with one attached hydrogen (secondary N) is 1. The number of cyclic esters (lactones) is 1. The van der Waals surface area contributed by atoms with E-state index in [4.69, 9.17) is 4.74 Å². The SMILES string of the molecule is CC(C)c1ccc([C@H]2C3=C(COC3=O)Nc3c2c(=O)n(C)c(=O)n3C)cc1. The number of hydrogen-bond acceptors (Lipinski definition) is 5. The quantitative estimate of drug-likeness (QED) is 0.815. The largest absolute Gasteiger partial charge is 0.456 e. The highest BCUT2D eigenvalue weighted by atomic mass is 16.5. The first-order valence-corrected chi connectivity index (χ1v) is 8.88. The van der Waals surface area contributed by atoms with Crippen molar-refractivity contribution >= 4 is 11.8 Å². The number of hydrogen-bond donors (Lipinski definition) is 1. The summed E-state index contributed by atoms with van der Waals surface area (Å²) in [5.41, 5.74) is 2.59. The molecule has 0 saturated carbocycles. The van der Waals surface area contributed by atoms with Gasteiger partial charge in [-0.2, -0.15) is 0 Å². The molecule has 1 atom stereocenters. The van der Waals surface area contributed by atoms with Crippen LogP contribution in [-0.2, 0) is 23.6 Å². The lowest BCUT2D eigenvalue weighted by Crippen LogP contribution is -2.43. The van der Waals surface area contributed by atoms with E-state index in [9.17, 15) is 14.4 Å². The molecule has 0 spiro atoms. The van der Waals surface area contributed by atoms with E-state index < -0.39 is 23.1 Å². The summed E-state index contributed by atoms with van der Waals surface area (Å²) in [6.07, 6.45) is 0. The molecule has 0 radical (unpaired) electrons. The van der Waals surface area contributed by atoms with E-state index in [1.807, 2.05) is 24.3 Å². The molecule has 7 nitrogen and oxygen atoms in total. The summed E-state index contributed by atoms with van der Waals surface area (Å²) in [5, 5.41) is 3.08. The predicted molar refractivity (Wildman–Crippen MR) is 101 cm³/mol. The van der Waals surface area contributed by atoms with Crippen molar-refractivity contribution in [3.63, 3.8) is 0 Å². The summed E-state index contributed by atoms with van der Waals surface area (Å²) in [6, 6.07) is 7.90. The van der Waals surface area contributed by atoms with Crippen molar-refractivity contribution in [1.82, 2.24) is 9.13 Å². The minimum absolute atomic E-state index is 0.109. The fourth-order valence-electron chi connectivity index (χ4n) is 3.79. The van der Waals surface area contributed by atoms with Crippen molar-refractivity contribution in [1.29, 1.82) is 0 Å². The van der Waals surface area contributed by atoms with Crippen LogP contribution in [0.5, 0.6) is 0 Å². The van der Waals surface area contributed by atoms with Gasteiger partial charge in [-0.25, -0.2) is 9.59 Å². The van der Waals surface area contributed by atoms with Gasteiger partial charge in [-0.05, 0) is 17.0 Å². The van der Waals surface area contributed by atoms with Crippen LogP contribution in [-0.4, -0.2) is 21.7 Å². The minimum Gasteiger partial charge on any atom is -0.456 e. The molecule has 2 aromatic rings. The summed E-state index contributed by atoms with van der Waals surface area (Å²) in [5.74, 6) is -0.215. The Balaban J connectivity index is 2.01. The Hall–Kier alpha value is -3.09. The number of rotatable bonds is 2. The van der Waals surface area contributed by atoms with Crippen LogP contribution >= 0.6 is 0 Å². The average molecular weight is 367 g/mol. The number of carbonyl (C=O) groups is 1. The van der Waals surface area contributed by atoms with Crippen LogP contribution in [0.4, 0.5) is 5.82 Å². The number of ether oxygens (including phenoxy) is 1. The molecule has 0 unspecified atom stereocenters. The third kappa shape index (κ3) is 2.45. The van der Waals surface area contributed by atoms with Gasteiger partial charge >= 0.3 is 11.7 Å². The van der Waals surface area contributed by atoms with Crippen molar-refractivity contribution in [3.8, 4) is 0 Å². The van der Waals surface area contributed by atoms with E-state index in [0.29, 0.717) is 28.6 Å². The molecular weight excluding hydrogens is 346 g/mol. The molecule has 140 valence electrons. The van der Waals surface area contributed by atoms with E-state index in [1.165, 1.54) is 17.2 Å². The molecule has 0 bridgehead atoms. The fraction of sp³-hybridized carbons (Fsp3) is 0.350. The van der Waals surface area contributed by atoms with Crippen LogP contribution in [0.25, 0.3) is 0 Å². The molecule has 1 aromatic heterocycles. The second kappa shape index (κ2) is 5.97. The van der Waals surface area contributed by atoms with E-state index in [1.54, 1.807) is 7.05 Å². The van der Waals surface area contributed by atoms with Gasteiger partial charge in [0.1, 0.15) is 12.4 Å². The summed E-state index contributed by atoms with van der Waals surface area (Å²) in [4.78, 5) is 37.8. The Bertz CT molecular complexity index is 1100. The molecule has 2 aliphatic heterocycles. The fourth-order valence-corrected chi connectivity index (χ4v) is 3.79. The van der Waals surface area contributed by atoms with Crippen molar-refractivity contribution < 1.29 is 9.53 Å². The number of esters is 1. The molecular formula is C20H21N3O4. The summed E-state index contributed by atoms with van der Waals surface area (Å²) in [7, 11) is 3.05. The zero-order chi connectivity index (χ0) is 19.5. The second-order valence-electron chi connectivity index (χ2n) is 7.32. The van der Waals surface area contributed by atoms with Crippen LogP contribution < -0.4 is 16.6 Å². The molecule has 7 heteroatoms. The topological polar surface area (TPSA) is 82.3 Å². The van der Waals surface area contributed by atoms with E-state index in [-0.39, 0.29) is 6.61 Å². The minimum atomic E-state index is -0.571. The number of fused-ring (bicyclic) bond motifs is 1. The van der Waals surface area contributed by atoms with Crippen molar-refractivity contribution in [2.45, 2.75) is 25.7 Å². The zero-order valence-electron chi connectivity index (χ0n) is 15.7.